The summed E-state index contributed by atoms with van der Waals surface area (Å²) in [6.07, 6.45) is 4.85. The van der Waals surface area contributed by atoms with Gasteiger partial charge in [0.2, 0.25) is 5.85 Å². The molecular formula is C35H42ClFN4O6. The summed E-state index contributed by atoms with van der Waals surface area (Å²) < 4.78 is 30.2. The van der Waals surface area contributed by atoms with E-state index in [1.807, 2.05) is 52.6 Å². The number of aliphatic carboxylic acids is 1. The fraction of sp³-hybridized carbons (Fsp3) is 0.514. The number of aryl methyl sites for hydroxylation is 1. The van der Waals surface area contributed by atoms with Crippen molar-refractivity contribution in [2.45, 2.75) is 69.4 Å². The van der Waals surface area contributed by atoms with Crippen LogP contribution in [0, 0.1) is 11.7 Å². The lowest BCUT2D eigenvalue weighted by Gasteiger charge is -2.58. The minimum absolute atomic E-state index is 0.0972. The fourth-order valence-corrected chi connectivity index (χ4v) is 7.61. The van der Waals surface area contributed by atoms with Crippen molar-refractivity contribution < 1.29 is 33.4 Å². The van der Waals surface area contributed by atoms with Crippen molar-refractivity contribution in [3.63, 3.8) is 0 Å². The van der Waals surface area contributed by atoms with Crippen LogP contribution in [-0.4, -0.2) is 88.0 Å². The molecule has 3 aliphatic rings. The fourth-order valence-electron chi connectivity index (χ4n) is 7.37. The highest BCUT2D eigenvalue weighted by atomic mass is 35.5. The Balaban J connectivity index is 1.27. The maximum atomic E-state index is 15.8. The van der Waals surface area contributed by atoms with Gasteiger partial charge in [0.25, 0.3) is 5.91 Å². The Bertz CT molecular complexity index is 1680. The number of para-hydroxylation sites is 1. The number of amides is 1. The van der Waals surface area contributed by atoms with Crippen molar-refractivity contribution in [2.24, 2.45) is 13.0 Å². The van der Waals surface area contributed by atoms with Crippen LogP contribution in [0.2, 0.25) is 5.02 Å². The Morgan fingerprint density at radius 1 is 1.09 bits per heavy atom. The number of halogens is 2. The van der Waals surface area contributed by atoms with E-state index < -0.39 is 35.1 Å². The van der Waals surface area contributed by atoms with E-state index in [1.54, 1.807) is 13.3 Å². The molecule has 3 fully saturated rings. The Labute approximate surface area is 278 Å². The number of hydrogen-bond donors (Lipinski definition) is 2. The first-order valence-electron chi connectivity index (χ1n) is 16.3. The predicted molar refractivity (Wildman–Crippen MR) is 176 cm³/mol. The first kappa shape index (κ1) is 33.5. The van der Waals surface area contributed by atoms with Gasteiger partial charge in [0, 0.05) is 63.9 Å². The number of aromatic nitrogens is 1. The number of carbonyl (C=O) groups is 3. The second kappa shape index (κ2) is 13.3. The van der Waals surface area contributed by atoms with E-state index in [0.29, 0.717) is 57.4 Å². The summed E-state index contributed by atoms with van der Waals surface area (Å²) in [4.78, 5) is 43.5. The number of hydrogen-bond acceptors (Lipinski definition) is 7. The first-order chi connectivity index (χ1) is 22.4. The number of ketones is 1. The molecule has 3 heterocycles. The Morgan fingerprint density at radius 3 is 2.43 bits per heavy atom. The molecule has 2 N–H and O–H groups in total. The molecule has 10 nitrogen and oxygen atoms in total. The largest absolute Gasteiger partial charge is 0.481 e. The highest BCUT2D eigenvalue weighted by Gasteiger charge is 2.59. The van der Waals surface area contributed by atoms with Crippen LogP contribution in [0.15, 0.2) is 42.6 Å². The molecule has 0 radical (unpaired) electrons. The minimum atomic E-state index is -1.46. The summed E-state index contributed by atoms with van der Waals surface area (Å²) >= 11 is 6.62. The third kappa shape index (κ3) is 6.44. The SMILES string of the molecule is COC1(C)CN(C(O[C@H]2CC[C@H](C(=O)O)CC2)(C(=O)Cc2cc(Cl)c(NC(=O)c3cn(C)c4ccccc34)cc2F)N2CCCC2)C1. The van der Waals surface area contributed by atoms with Crippen molar-refractivity contribution >= 4 is 45.9 Å². The molecule has 1 aromatic heterocycles. The number of rotatable bonds is 11. The molecule has 1 atom stereocenters. The van der Waals surface area contributed by atoms with Gasteiger partial charge in [-0.25, -0.2) is 4.39 Å². The molecule has 47 heavy (non-hydrogen) atoms. The van der Waals surface area contributed by atoms with Gasteiger partial charge in [-0.2, -0.15) is 0 Å². The third-order valence-corrected chi connectivity index (χ3v) is 10.4. The van der Waals surface area contributed by atoms with Crippen LogP contribution < -0.4 is 5.32 Å². The number of nitrogens with one attached hydrogen (secondary N) is 1. The van der Waals surface area contributed by atoms with Crippen LogP contribution in [-0.2, 0) is 32.5 Å². The smallest absolute Gasteiger partial charge is 0.306 e. The van der Waals surface area contributed by atoms with Crippen LogP contribution in [0.4, 0.5) is 10.1 Å². The molecule has 1 unspecified atom stereocenters. The number of methoxy groups -OCH3 is 1. The number of carboxylic acids is 1. The van der Waals surface area contributed by atoms with Crippen molar-refractivity contribution in [3.8, 4) is 0 Å². The monoisotopic (exact) mass is 668 g/mol. The van der Waals surface area contributed by atoms with Gasteiger partial charge in [-0.3, -0.25) is 24.2 Å². The summed E-state index contributed by atoms with van der Waals surface area (Å²) in [5.41, 5.74) is 1.06. The molecule has 0 bridgehead atoms. The predicted octanol–water partition coefficient (Wildman–Crippen LogP) is 5.47. The molecule has 2 saturated heterocycles. The van der Waals surface area contributed by atoms with Crippen molar-refractivity contribution in [1.82, 2.24) is 14.4 Å². The molecule has 0 spiro atoms. The number of carboxylic acid groups (broad SMARTS) is 1. The maximum absolute atomic E-state index is 15.8. The molecule has 3 aromatic rings. The van der Waals surface area contributed by atoms with Crippen LogP contribution in [0.3, 0.4) is 0 Å². The molecule has 12 heteroatoms. The van der Waals surface area contributed by atoms with Crippen LogP contribution >= 0.6 is 11.6 Å². The van der Waals surface area contributed by atoms with E-state index in [9.17, 15) is 19.5 Å². The first-order valence-corrected chi connectivity index (χ1v) is 16.6. The number of nitrogens with zero attached hydrogens (tertiary/aromatic N) is 3. The molecule has 2 aromatic carbocycles. The van der Waals surface area contributed by atoms with E-state index in [4.69, 9.17) is 21.1 Å². The van der Waals surface area contributed by atoms with Crippen LogP contribution in [0.5, 0.6) is 0 Å². The van der Waals surface area contributed by atoms with Gasteiger partial charge in [-0.1, -0.05) is 29.8 Å². The van der Waals surface area contributed by atoms with Gasteiger partial charge < -0.3 is 24.5 Å². The van der Waals surface area contributed by atoms with Gasteiger partial charge in [0.15, 0.2) is 5.78 Å². The number of Topliss-reactive ketones (excluding diaryl/α,β-unsaturated/α-hetero) is 1. The number of likely N-dealkylation sites (tertiary alicyclic amines) is 2. The summed E-state index contributed by atoms with van der Waals surface area (Å²) in [5, 5.41) is 13.1. The van der Waals surface area contributed by atoms with Gasteiger partial charge in [0.05, 0.1) is 33.9 Å². The number of fused-ring (bicyclic) bond motifs is 1. The number of benzene rings is 2. The molecule has 252 valence electrons. The topological polar surface area (TPSA) is 113 Å². The van der Waals surface area contributed by atoms with E-state index in [0.717, 1.165) is 29.8 Å². The third-order valence-electron chi connectivity index (χ3n) is 10.1. The summed E-state index contributed by atoms with van der Waals surface area (Å²) in [6, 6.07) is 10.1. The van der Waals surface area contributed by atoms with Gasteiger partial charge in [0.1, 0.15) is 5.82 Å². The summed E-state index contributed by atoms with van der Waals surface area (Å²) in [5.74, 6) is -4.12. The maximum Gasteiger partial charge on any atom is 0.306 e. The van der Waals surface area contributed by atoms with E-state index in [1.165, 1.54) is 6.07 Å². The molecular weight excluding hydrogens is 627 g/mol. The Hall–Kier alpha value is -3.35. The average molecular weight is 669 g/mol. The van der Waals surface area contributed by atoms with Crippen molar-refractivity contribution in [3.05, 3.63) is 64.6 Å². The summed E-state index contributed by atoms with van der Waals surface area (Å²) in [6.45, 7) is 4.14. The van der Waals surface area contributed by atoms with Gasteiger partial charge >= 0.3 is 5.97 Å². The Kier molecular flexibility index (Phi) is 9.48. The molecule has 1 saturated carbocycles. The quantitative estimate of drug-likeness (QED) is 0.277. The second-order valence-corrected chi connectivity index (χ2v) is 13.8. The zero-order valence-electron chi connectivity index (χ0n) is 27.1. The molecule has 1 aliphatic carbocycles. The minimum Gasteiger partial charge on any atom is -0.481 e. The van der Waals surface area contributed by atoms with Gasteiger partial charge in [-0.05, 0) is 69.2 Å². The average Bonchev–Trinajstić information content (AvgIpc) is 3.70. The van der Waals surface area contributed by atoms with Gasteiger partial charge in [-0.15, -0.1) is 0 Å². The molecule has 1 amide bonds. The number of ether oxygens (including phenoxy) is 2. The normalized spacial score (nSPS) is 22.9. The second-order valence-electron chi connectivity index (χ2n) is 13.4. The summed E-state index contributed by atoms with van der Waals surface area (Å²) in [7, 11) is 3.49. The number of anilines is 1. The lowest BCUT2D eigenvalue weighted by molar-refractivity contribution is -0.297. The van der Waals surface area contributed by atoms with E-state index >= 15 is 4.39 Å². The highest BCUT2D eigenvalue weighted by Crippen LogP contribution is 2.41. The standard InChI is InChI=1S/C35H42ClFN4O6/c1-34(46-3)20-41(21-34)35(40-14-6-7-15-40,47-24-12-10-22(11-13-24)33(44)45)31(42)17-23-16-27(36)29(18-28(23)37)38-32(43)26-19-39(2)30-9-5-4-8-25(26)30/h4-5,8-9,16,18-19,22,24H,6-7,10-15,17,20-21H2,1-3H3,(H,38,43)(H,44,45)/t22-,24-,35?. The van der Waals surface area contributed by atoms with Crippen molar-refractivity contribution in [1.29, 1.82) is 0 Å². The zero-order chi connectivity index (χ0) is 33.5. The van der Waals surface area contributed by atoms with E-state index in [-0.39, 0.29) is 34.6 Å². The van der Waals surface area contributed by atoms with E-state index in [2.05, 4.69) is 5.32 Å². The highest BCUT2D eigenvalue weighted by molar-refractivity contribution is 6.34. The molecule has 6 rings (SSSR count). The van der Waals surface area contributed by atoms with Crippen molar-refractivity contribution in [2.75, 3.05) is 38.6 Å². The zero-order valence-corrected chi connectivity index (χ0v) is 27.8. The lowest BCUT2D eigenvalue weighted by Crippen LogP contribution is -2.77. The van der Waals surface area contributed by atoms with Crippen LogP contribution in [0.25, 0.3) is 10.9 Å². The Morgan fingerprint density at radius 2 is 1.77 bits per heavy atom. The number of carbonyl (C=O) groups excluding carboxylic acids is 2. The lowest BCUT2D eigenvalue weighted by atomic mass is 9.87. The molecule has 2 aliphatic heterocycles. The van der Waals surface area contributed by atoms with Crippen LogP contribution in [0.1, 0.15) is 61.4 Å².